The number of nitrogens with zero attached hydrogens (tertiary/aromatic N) is 2. The first-order valence-corrected chi connectivity index (χ1v) is 23.5. The number of anilines is 3. The van der Waals surface area contributed by atoms with Gasteiger partial charge >= 0.3 is 0 Å². The van der Waals surface area contributed by atoms with Gasteiger partial charge in [-0.05, 0) is 116 Å². The summed E-state index contributed by atoms with van der Waals surface area (Å²) in [5.74, 6) is 1.15. The fourth-order valence-corrected chi connectivity index (χ4v) is 13.7. The molecule has 3 aliphatic heterocycles. The second-order valence-electron chi connectivity index (χ2n) is 15.9. The predicted octanol–water partition coefficient (Wildman–Crippen LogP) is 6.84. The van der Waals surface area contributed by atoms with Crippen molar-refractivity contribution in [3.63, 3.8) is 0 Å². The van der Waals surface area contributed by atoms with E-state index in [0.717, 1.165) is 51.7 Å². The molecule has 0 radical (unpaired) electrons. The van der Waals surface area contributed by atoms with Crippen LogP contribution in [0.3, 0.4) is 0 Å². The van der Waals surface area contributed by atoms with Gasteiger partial charge in [-0.2, -0.15) is 0 Å². The van der Waals surface area contributed by atoms with Crippen LogP contribution in [0.1, 0.15) is 49.8 Å². The maximum atomic E-state index is 15.1. The zero-order valence-electron chi connectivity index (χ0n) is 33.5. The molecule has 3 aliphatic rings. The third kappa shape index (κ3) is 7.50. The number of aliphatic hydroxyl groups excluding tert-OH is 2. The Labute approximate surface area is 341 Å². The molecule has 3 N–H and O–H groups in total. The molecule has 3 heterocycles. The second-order valence-corrected chi connectivity index (χ2v) is 21.1. The molecular formula is C45H54ClN3O7Si. The summed E-state index contributed by atoms with van der Waals surface area (Å²) >= 11 is 6.67. The molecular weight excluding hydrogens is 758 g/mol. The van der Waals surface area contributed by atoms with Crippen LogP contribution in [0.25, 0.3) is 0 Å². The van der Waals surface area contributed by atoms with Gasteiger partial charge in [-0.1, -0.05) is 61.1 Å². The molecule has 4 aromatic rings. The summed E-state index contributed by atoms with van der Waals surface area (Å²) in [4.78, 5) is 32.8. The molecule has 1 fully saturated rings. The van der Waals surface area contributed by atoms with Crippen molar-refractivity contribution in [1.29, 1.82) is 0 Å². The van der Waals surface area contributed by atoms with Gasteiger partial charge in [0.2, 0.25) is 5.91 Å². The number of aliphatic hydroxyl groups is 2. The topological polar surface area (TPSA) is 121 Å². The highest BCUT2D eigenvalue weighted by atomic mass is 35.5. The standard InChI is InChI=1S/C45H54ClN3O7Si/c1-6-55-35-16-20-39-31(25-35)26-38(47-22-7-8-23-50)43(52)49(39)33-12-9-30(10-13-33)28-48-40-19-11-32(46)27-37(40)45(44(48)53)29(2)42(41(56-45)21-24-51)57(4,5)36-17-14-34(54-3)15-18-36/h9-20,25,27,29,38,41-42,47,50-51H,6-8,21-24,26,28H2,1-5H3/t29-,38?,41+,42-,45+/m1/s1. The minimum Gasteiger partial charge on any atom is -0.497 e. The molecule has 2 amide bonds. The van der Waals surface area contributed by atoms with E-state index >= 15 is 4.79 Å². The minimum absolute atomic E-state index is 0.00984. The number of hydrogen-bond donors (Lipinski definition) is 3. The molecule has 57 heavy (non-hydrogen) atoms. The van der Waals surface area contributed by atoms with E-state index in [2.05, 4.69) is 37.5 Å². The Morgan fingerprint density at radius 2 is 1.65 bits per heavy atom. The lowest BCUT2D eigenvalue weighted by Crippen LogP contribution is -2.51. The molecule has 4 aromatic carbocycles. The van der Waals surface area contributed by atoms with E-state index in [4.69, 9.17) is 25.8 Å². The molecule has 1 unspecified atom stereocenters. The minimum atomic E-state index is -2.33. The highest BCUT2D eigenvalue weighted by molar-refractivity contribution is 6.91. The number of carbonyl (C=O) groups is 2. The number of amides is 2. The van der Waals surface area contributed by atoms with Crippen LogP contribution in [0.5, 0.6) is 11.5 Å². The summed E-state index contributed by atoms with van der Waals surface area (Å²) in [5.41, 5.74) is 3.69. The molecule has 0 bridgehead atoms. The van der Waals surface area contributed by atoms with Crippen LogP contribution in [0, 0.1) is 5.92 Å². The molecule has 0 aliphatic carbocycles. The van der Waals surface area contributed by atoms with Crippen molar-refractivity contribution in [3.8, 4) is 11.5 Å². The lowest BCUT2D eigenvalue weighted by molar-refractivity contribution is -0.146. The lowest BCUT2D eigenvalue weighted by Gasteiger charge is -2.37. The number of carbonyl (C=O) groups excluding carboxylic acids is 2. The fourth-order valence-electron chi connectivity index (χ4n) is 9.49. The zero-order valence-corrected chi connectivity index (χ0v) is 35.2. The Hall–Kier alpha value is -4.23. The Balaban J connectivity index is 1.19. The maximum Gasteiger partial charge on any atom is 0.264 e. The highest BCUT2D eigenvalue weighted by Crippen LogP contribution is 2.60. The van der Waals surface area contributed by atoms with Gasteiger partial charge in [-0.15, -0.1) is 0 Å². The number of halogens is 1. The first-order valence-electron chi connectivity index (χ1n) is 20.1. The summed E-state index contributed by atoms with van der Waals surface area (Å²) < 4.78 is 18.3. The van der Waals surface area contributed by atoms with E-state index < -0.39 is 19.7 Å². The number of unbranched alkanes of at least 4 members (excludes halogenated alkanes) is 1. The number of rotatable bonds is 15. The van der Waals surface area contributed by atoms with E-state index in [1.807, 2.05) is 79.7 Å². The zero-order chi connectivity index (χ0) is 40.5. The summed E-state index contributed by atoms with van der Waals surface area (Å²) in [7, 11) is -0.670. The normalized spacial score (nSPS) is 22.9. The average molecular weight is 812 g/mol. The molecule has 12 heteroatoms. The predicted molar refractivity (Wildman–Crippen MR) is 227 cm³/mol. The van der Waals surface area contributed by atoms with Crippen LogP contribution < -0.4 is 29.8 Å². The third-order valence-corrected chi connectivity index (χ3v) is 16.9. The van der Waals surface area contributed by atoms with Gasteiger partial charge in [0.05, 0.1) is 51.9 Å². The van der Waals surface area contributed by atoms with Crippen LogP contribution in [0.2, 0.25) is 23.7 Å². The van der Waals surface area contributed by atoms with Crippen molar-refractivity contribution in [1.82, 2.24) is 5.32 Å². The van der Waals surface area contributed by atoms with Crippen molar-refractivity contribution in [3.05, 3.63) is 107 Å². The fraction of sp³-hybridized carbons (Fsp3) is 0.422. The first kappa shape index (κ1) is 40.9. The van der Waals surface area contributed by atoms with Crippen LogP contribution in [0.4, 0.5) is 17.1 Å². The number of hydrogen-bond acceptors (Lipinski definition) is 8. The Bertz CT molecular complexity index is 2080. The Morgan fingerprint density at radius 1 is 0.930 bits per heavy atom. The quantitative estimate of drug-likeness (QED) is 0.0882. The summed E-state index contributed by atoms with van der Waals surface area (Å²) in [5, 5.41) is 24.7. The molecule has 0 aromatic heterocycles. The van der Waals surface area contributed by atoms with Crippen LogP contribution >= 0.6 is 11.6 Å². The van der Waals surface area contributed by atoms with Crippen molar-refractivity contribution in [2.45, 2.75) is 82.5 Å². The van der Waals surface area contributed by atoms with Crippen molar-refractivity contribution in [2.75, 3.05) is 43.3 Å². The molecule has 1 saturated heterocycles. The van der Waals surface area contributed by atoms with E-state index in [0.29, 0.717) is 37.4 Å². The van der Waals surface area contributed by atoms with Gasteiger partial charge in [-0.25, -0.2) is 0 Å². The number of fused-ring (bicyclic) bond motifs is 3. The van der Waals surface area contributed by atoms with Gasteiger partial charge in [0.15, 0.2) is 5.60 Å². The molecule has 1 spiro atoms. The number of nitrogens with one attached hydrogen (secondary N) is 1. The van der Waals surface area contributed by atoms with Crippen LogP contribution in [-0.2, 0) is 32.9 Å². The number of ether oxygens (including phenoxy) is 3. The summed E-state index contributed by atoms with van der Waals surface area (Å²) in [6, 6.07) is 27.0. The van der Waals surface area contributed by atoms with Crippen molar-refractivity contribution in [2.24, 2.45) is 5.92 Å². The van der Waals surface area contributed by atoms with Gasteiger partial charge < -0.3 is 34.6 Å². The largest absolute Gasteiger partial charge is 0.497 e. The van der Waals surface area contributed by atoms with Gasteiger partial charge in [0.1, 0.15) is 11.5 Å². The van der Waals surface area contributed by atoms with Crippen molar-refractivity contribution < 1.29 is 34.0 Å². The molecule has 7 rings (SSSR count). The monoisotopic (exact) mass is 811 g/mol. The SMILES string of the molecule is CCOc1ccc2c(c1)CC(NCCCCO)C(=O)N2c1ccc(CN2C(=O)[C@@]3(O[C@@H](CCO)[C@H]([Si](C)(C)c4ccc(OC)cc4)[C@H]3C)c3cc(Cl)ccc32)cc1. The molecule has 5 atom stereocenters. The first-order chi connectivity index (χ1) is 27.5. The van der Waals surface area contributed by atoms with Crippen LogP contribution in [-0.4, -0.2) is 75.7 Å². The van der Waals surface area contributed by atoms with E-state index in [-0.39, 0.29) is 49.1 Å². The lowest BCUT2D eigenvalue weighted by atomic mass is 9.82. The molecule has 302 valence electrons. The van der Waals surface area contributed by atoms with Crippen molar-refractivity contribution >= 4 is 53.7 Å². The number of methoxy groups -OCH3 is 1. The number of benzene rings is 4. The van der Waals surface area contributed by atoms with E-state index in [1.165, 1.54) is 5.19 Å². The summed E-state index contributed by atoms with van der Waals surface area (Å²) in [6.07, 6.45) is 2.04. The second kappa shape index (κ2) is 16.9. The van der Waals surface area contributed by atoms with E-state index in [9.17, 15) is 15.0 Å². The highest BCUT2D eigenvalue weighted by Gasteiger charge is 2.66. The summed E-state index contributed by atoms with van der Waals surface area (Å²) in [6.45, 7) is 10.2. The van der Waals surface area contributed by atoms with Crippen LogP contribution in [0.15, 0.2) is 84.9 Å². The Morgan fingerprint density at radius 3 is 2.33 bits per heavy atom. The Kier molecular flexibility index (Phi) is 12.2. The smallest absolute Gasteiger partial charge is 0.264 e. The third-order valence-electron chi connectivity index (χ3n) is 12.3. The molecule has 10 nitrogen and oxygen atoms in total. The van der Waals surface area contributed by atoms with Gasteiger partial charge in [0, 0.05) is 35.4 Å². The molecule has 0 saturated carbocycles. The average Bonchev–Trinajstić information content (AvgIpc) is 3.63. The maximum absolute atomic E-state index is 15.1. The van der Waals surface area contributed by atoms with E-state index in [1.54, 1.807) is 16.9 Å². The van der Waals surface area contributed by atoms with Gasteiger partial charge in [0.25, 0.3) is 5.91 Å². The van der Waals surface area contributed by atoms with Gasteiger partial charge in [-0.3, -0.25) is 14.5 Å².